The van der Waals surface area contributed by atoms with E-state index in [1.165, 1.54) is 83.5 Å². The van der Waals surface area contributed by atoms with Gasteiger partial charge in [-0.15, -0.1) is 0 Å². The molecule has 2 aliphatic rings. The highest BCUT2D eigenvalue weighted by Gasteiger charge is 2.49. The van der Waals surface area contributed by atoms with Crippen LogP contribution >= 0.6 is 0 Å². The Bertz CT molecular complexity index is 3240. The Morgan fingerprint density at radius 2 is 0.597 bits per heavy atom. The van der Waals surface area contributed by atoms with E-state index >= 15 is 0 Å². The number of anilines is 3. The zero-order valence-corrected chi connectivity index (χ0v) is 34.1. The minimum Gasteiger partial charge on any atom is -0.309 e. The lowest BCUT2D eigenvalue weighted by molar-refractivity contribution is 0.773. The fourth-order valence-corrected chi connectivity index (χ4v) is 10.6. The molecule has 2 aliphatic carbocycles. The number of hydrogen-bond acceptors (Lipinski definition) is 1. The van der Waals surface area contributed by atoms with E-state index in [2.05, 4.69) is 254 Å². The first kappa shape index (κ1) is 35.9. The Morgan fingerprint density at radius 3 is 1.18 bits per heavy atom. The van der Waals surface area contributed by atoms with Crippen LogP contribution in [-0.2, 0) is 5.41 Å². The average molecular weight is 788 g/mol. The zero-order chi connectivity index (χ0) is 41.0. The molecule has 0 aliphatic heterocycles. The van der Waals surface area contributed by atoms with E-state index in [1.54, 1.807) is 0 Å². The van der Waals surface area contributed by atoms with Crippen LogP contribution in [0.1, 0.15) is 22.3 Å². The summed E-state index contributed by atoms with van der Waals surface area (Å²) in [5.74, 6) is 0. The van der Waals surface area contributed by atoms with Crippen LogP contribution in [0, 0.1) is 0 Å². The summed E-state index contributed by atoms with van der Waals surface area (Å²) in [6, 6.07) is 92.1. The Balaban J connectivity index is 1.26. The first-order valence-electron chi connectivity index (χ1n) is 21.5. The number of para-hydroxylation sites is 1. The van der Waals surface area contributed by atoms with Crippen LogP contribution in [-0.4, -0.2) is 0 Å². The Morgan fingerprint density at radius 1 is 0.226 bits per heavy atom. The molecule has 62 heavy (non-hydrogen) atoms. The Labute approximate surface area is 363 Å². The molecule has 0 heterocycles. The topological polar surface area (TPSA) is 3.24 Å². The third-order valence-electron chi connectivity index (χ3n) is 13.1. The second-order valence-corrected chi connectivity index (χ2v) is 16.3. The van der Waals surface area contributed by atoms with Crippen molar-refractivity contribution in [2.24, 2.45) is 0 Å². The van der Waals surface area contributed by atoms with Crippen molar-refractivity contribution in [1.29, 1.82) is 0 Å². The molecule has 1 nitrogen and oxygen atoms in total. The van der Waals surface area contributed by atoms with Crippen LogP contribution in [0.4, 0.5) is 17.1 Å². The van der Waals surface area contributed by atoms with Gasteiger partial charge in [0.15, 0.2) is 0 Å². The lowest BCUT2D eigenvalue weighted by atomic mass is 9.64. The fourth-order valence-electron chi connectivity index (χ4n) is 10.6. The van der Waals surface area contributed by atoms with E-state index in [0.717, 1.165) is 22.6 Å². The van der Waals surface area contributed by atoms with E-state index in [0.29, 0.717) is 0 Å². The van der Waals surface area contributed by atoms with E-state index in [1.807, 2.05) is 0 Å². The van der Waals surface area contributed by atoms with E-state index in [9.17, 15) is 0 Å². The zero-order valence-electron chi connectivity index (χ0n) is 34.1. The summed E-state index contributed by atoms with van der Waals surface area (Å²) in [5, 5.41) is 0. The molecular formula is C61H41N. The number of nitrogens with zero attached hydrogens (tertiary/aromatic N) is 1. The van der Waals surface area contributed by atoms with Gasteiger partial charge in [-0.25, -0.2) is 0 Å². The molecule has 10 aromatic carbocycles. The van der Waals surface area contributed by atoms with E-state index in [4.69, 9.17) is 0 Å². The van der Waals surface area contributed by atoms with Gasteiger partial charge in [0.25, 0.3) is 0 Å². The molecule has 0 amide bonds. The molecule has 0 radical (unpaired) electrons. The molecular weight excluding hydrogens is 747 g/mol. The molecule has 0 saturated heterocycles. The summed E-state index contributed by atoms with van der Waals surface area (Å²) < 4.78 is 0. The lowest BCUT2D eigenvalue weighted by Gasteiger charge is -2.39. The normalized spacial score (nSPS) is 12.6. The third kappa shape index (κ3) is 5.42. The van der Waals surface area contributed by atoms with Gasteiger partial charge in [-0.3, -0.25) is 0 Å². The van der Waals surface area contributed by atoms with Gasteiger partial charge in [0.1, 0.15) is 0 Å². The summed E-state index contributed by atoms with van der Waals surface area (Å²) in [7, 11) is 0. The first-order chi connectivity index (χ1) is 30.8. The highest BCUT2D eigenvalue weighted by atomic mass is 15.1. The minimum absolute atomic E-state index is 0.665. The molecule has 10 aromatic rings. The van der Waals surface area contributed by atoms with Crippen LogP contribution in [0.25, 0.3) is 66.8 Å². The van der Waals surface area contributed by atoms with Crippen LogP contribution in [0.2, 0.25) is 0 Å². The molecule has 12 rings (SSSR count). The molecule has 0 fully saturated rings. The van der Waals surface area contributed by atoms with Gasteiger partial charge in [-0.05, 0) is 102 Å². The van der Waals surface area contributed by atoms with Crippen molar-refractivity contribution in [3.05, 3.63) is 271 Å². The summed E-state index contributed by atoms with van der Waals surface area (Å²) in [5.41, 5.74) is 22.3. The van der Waals surface area contributed by atoms with Crippen molar-refractivity contribution < 1.29 is 0 Å². The van der Waals surface area contributed by atoms with Crippen molar-refractivity contribution in [3.63, 3.8) is 0 Å². The van der Waals surface area contributed by atoms with Crippen molar-refractivity contribution in [2.75, 3.05) is 4.90 Å². The second kappa shape index (κ2) is 14.6. The predicted molar refractivity (Wildman–Crippen MR) is 259 cm³/mol. The highest BCUT2D eigenvalue weighted by molar-refractivity contribution is 6.04. The predicted octanol–water partition coefficient (Wildman–Crippen LogP) is 16.2. The number of fused-ring (bicyclic) bond motifs is 14. The molecule has 1 spiro atoms. The van der Waals surface area contributed by atoms with Crippen molar-refractivity contribution in [3.8, 4) is 66.8 Å². The molecule has 0 aromatic heterocycles. The van der Waals surface area contributed by atoms with Gasteiger partial charge in [0.2, 0.25) is 0 Å². The largest absolute Gasteiger partial charge is 0.309 e. The quantitative estimate of drug-likeness (QED) is 0.168. The van der Waals surface area contributed by atoms with Crippen LogP contribution < -0.4 is 4.90 Å². The summed E-state index contributed by atoms with van der Waals surface area (Å²) >= 11 is 0. The fraction of sp³-hybridized carbons (Fsp3) is 0.0164. The number of benzene rings is 10. The molecule has 0 unspecified atom stereocenters. The minimum atomic E-state index is -0.665. The molecule has 0 bridgehead atoms. The Hall–Kier alpha value is -8.00. The van der Waals surface area contributed by atoms with Crippen LogP contribution in [0.15, 0.2) is 249 Å². The molecule has 1 heteroatoms. The number of hydrogen-bond donors (Lipinski definition) is 0. The van der Waals surface area contributed by atoms with Crippen LogP contribution in [0.3, 0.4) is 0 Å². The highest BCUT2D eigenvalue weighted by Crippen LogP contribution is 2.62. The number of rotatable bonds is 5. The van der Waals surface area contributed by atoms with Gasteiger partial charge in [0.05, 0.1) is 16.8 Å². The smallest absolute Gasteiger partial charge is 0.0726 e. The SMILES string of the molecule is c1ccc(-c2ccc(N(c3ccccc3-c3ccccc3)c3cccc4c3-c3ccccc3-c3ccccc3-c3ccccc3C43c4ccccc4-c4ccccc43)cc2)cc1. The summed E-state index contributed by atoms with van der Waals surface area (Å²) in [6.45, 7) is 0. The summed E-state index contributed by atoms with van der Waals surface area (Å²) in [6.07, 6.45) is 0. The third-order valence-corrected chi connectivity index (χ3v) is 13.1. The first-order valence-corrected chi connectivity index (χ1v) is 21.5. The van der Waals surface area contributed by atoms with Crippen molar-refractivity contribution in [1.82, 2.24) is 0 Å². The van der Waals surface area contributed by atoms with Crippen LogP contribution in [0.5, 0.6) is 0 Å². The van der Waals surface area contributed by atoms with Crippen molar-refractivity contribution >= 4 is 17.1 Å². The van der Waals surface area contributed by atoms with E-state index < -0.39 is 5.41 Å². The lowest BCUT2D eigenvalue weighted by Crippen LogP contribution is -2.30. The van der Waals surface area contributed by atoms with Gasteiger partial charge in [0, 0.05) is 16.8 Å². The molecule has 290 valence electrons. The molecule has 0 atom stereocenters. The van der Waals surface area contributed by atoms with Gasteiger partial charge in [-0.2, -0.15) is 0 Å². The average Bonchev–Trinajstić information content (AvgIpc) is 3.67. The second-order valence-electron chi connectivity index (χ2n) is 16.3. The van der Waals surface area contributed by atoms with Gasteiger partial charge >= 0.3 is 0 Å². The Kier molecular flexibility index (Phi) is 8.47. The molecule has 0 N–H and O–H groups in total. The van der Waals surface area contributed by atoms with Gasteiger partial charge in [-0.1, -0.05) is 224 Å². The monoisotopic (exact) mass is 787 g/mol. The summed E-state index contributed by atoms with van der Waals surface area (Å²) in [4.78, 5) is 2.52. The van der Waals surface area contributed by atoms with E-state index in [-0.39, 0.29) is 0 Å². The maximum Gasteiger partial charge on any atom is 0.0726 e. The van der Waals surface area contributed by atoms with Gasteiger partial charge < -0.3 is 4.90 Å². The standard InChI is InChI=1S/C61H41N/c1-3-20-42(21-4-1)43-38-40-45(41-39-43)62(58-36-18-14-24-46(58)44-22-5-2-6-23-44)59-37-19-35-57-60(59)53-31-10-9-27-49(53)47-25-7-8-26-48(47)50-28-11-15-32-54(50)61(57)55-33-16-12-29-51(55)52-30-13-17-34-56(52)61/h1-41H. The van der Waals surface area contributed by atoms with Crippen molar-refractivity contribution in [2.45, 2.75) is 5.41 Å². The molecule has 0 saturated carbocycles. The maximum atomic E-state index is 2.52. The maximum absolute atomic E-state index is 2.52.